The van der Waals surface area contributed by atoms with Crippen molar-refractivity contribution in [3.63, 3.8) is 0 Å². The van der Waals surface area contributed by atoms with Crippen LogP contribution >= 0.6 is 13.5 Å². The van der Waals surface area contributed by atoms with Crippen LogP contribution in [0.2, 0.25) is 0 Å². The fraction of sp³-hybridized carbons (Fsp3) is 0.520. The number of aromatic nitrogens is 3. The number of nitrogens with one attached hydrogen (secondary N) is 2. The number of likely N-dealkylation sites (N-methyl/N-ethyl adjacent to an activating group) is 1. The highest BCUT2D eigenvalue weighted by Crippen LogP contribution is 2.39. The highest BCUT2D eigenvalue weighted by Gasteiger charge is 2.39. The molecule has 1 aromatic carbocycles. The number of benzene rings is 1. The predicted octanol–water partition coefficient (Wildman–Crippen LogP) is 4.22. The number of hydrogen-bond donors (Lipinski definition) is 2. The number of aromatic amines is 1. The lowest BCUT2D eigenvalue weighted by Crippen LogP contribution is -2.52. The van der Waals surface area contributed by atoms with Crippen molar-refractivity contribution < 1.29 is 0 Å². The van der Waals surface area contributed by atoms with Gasteiger partial charge in [-0.05, 0) is 69.8 Å². The monoisotopic (exact) mass is 450 g/mol. The molecule has 7 heteroatoms. The number of H-pyrrole nitrogens is 1. The highest BCUT2D eigenvalue weighted by molar-refractivity contribution is 7.59. The molecule has 32 heavy (non-hydrogen) atoms. The Morgan fingerprint density at radius 1 is 0.969 bits per heavy atom. The molecule has 2 aromatic heterocycles. The molecule has 0 saturated carbocycles. The lowest BCUT2D eigenvalue weighted by atomic mass is 9.94. The van der Waals surface area contributed by atoms with Crippen molar-refractivity contribution in [3.8, 4) is 0 Å². The van der Waals surface area contributed by atoms with Crippen LogP contribution in [-0.2, 0) is 0 Å². The van der Waals surface area contributed by atoms with Crippen LogP contribution in [0.3, 0.4) is 0 Å². The van der Waals surface area contributed by atoms with Gasteiger partial charge in [-0.3, -0.25) is 10.3 Å². The summed E-state index contributed by atoms with van der Waals surface area (Å²) in [6.07, 6.45) is 7.91. The molecule has 3 aliphatic heterocycles. The Bertz CT molecular complexity index is 1080. The molecule has 6 nitrogen and oxygen atoms in total. The molecule has 3 saturated heterocycles. The molecule has 0 radical (unpaired) electrons. The van der Waals surface area contributed by atoms with E-state index >= 15 is 0 Å². The quantitative estimate of drug-likeness (QED) is 0.626. The molecule has 0 spiro atoms. The van der Waals surface area contributed by atoms with Gasteiger partial charge in [-0.1, -0.05) is 12.1 Å². The van der Waals surface area contributed by atoms with E-state index in [1.807, 2.05) is 12.3 Å². The molecule has 170 valence electrons. The first-order valence-electron chi connectivity index (χ1n) is 11.8. The maximum absolute atomic E-state index is 5.18. The maximum Gasteiger partial charge on any atom is 0.124 e. The fourth-order valence-electron chi connectivity index (χ4n) is 6.15. The summed E-state index contributed by atoms with van der Waals surface area (Å²) in [4.78, 5) is 18.7. The van der Waals surface area contributed by atoms with Gasteiger partial charge in [0.05, 0.1) is 29.0 Å². The summed E-state index contributed by atoms with van der Waals surface area (Å²) in [5.74, 6) is 1.07. The number of likely N-dealkylation sites (tertiary alicyclic amines) is 1. The summed E-state index contributed by atoms with van der Waals surface area (Å²) < 4.78 is 0. The van der Waals surface area contributed by atoms with E-state index in [1.165, 1.54) is 36.2 Å². The van der Waals surface area contributed by atoms with Gasteiger partial charge in [0, 0.05) is 31.4 Å². The number of fused-ring (bicyclic) bond motifs is 3. The van der Waals surface area contributed by atoms with E-state index < -0.39 is 0 Å². The number of imidazole rings is 1. The van der Waals surface area contributed by atoms with Crippen LogP contribution in [0.5, 0.6) is 0 Å². The first kappa shape index (κ1) is 21.7. The first-order valence-corrected chi connectivity index (χ1v) is 11.8. The number of piperazine rings is 1. The van der Waals surface area contributed by atoms with Crippen molar-refractivity contribution in [3.05, 3.63) is 53.6 Å². The average molecular weight is 451 g/mol. The SMILES string of the molecule is Cc1cccnc1C1CCCC(c2nc3c(N4C5CCC4CN(C)C5)cccc3[nH]2)N1.S. The number of nitrogens with zero attached hydrogens (tertiary/aromatic N) is 4. The molecule has 4 unspecified atom stereocenters. The molecule has 3 fully saturated rings. The van der Waals surface area contributed by atoms with E-state index in [2.05, 4.69) is 63.3 Å². The zero-order valence-corrected chi connectivity index (χ0v) is 20.0. The Morgan fingerprint density at radius 2 is 1.75 bits per heavy atom. The van der Waals surface area contributed by atoms with Crippen molar-refractivity contribution in [2.75, 3.05) is 25.0 Å². The van der Waals surface area contributed by atoms with Crippen molar-refractivity contribution in [2.45, 2.75) is 63.2 Å². The molecule has 4 atom stereocenters. The smallest absolute Gasteiger partial charge is 0.124 e. The van der Waals surface area contributed by atoms with Gasteiger partial charge in [0.25, 0.3) is 0 Å². The fourth-order valence-corrected chi connectivity index (χ4v) is 6.15. The normalized spacial score (nSPS) is 28.1. The van der Waals surface area contributed by atoms with Crippen LogP contribution in [-0.4, -0.2) is 52.1 Å². The lowest BCUT2D eigenvalue weighted by molar-refractivity contribution is 0.265. The van der Waals surface area contributed by atoms with Crippen molar-refractivity contribution >= 4 is 30.2 Å². The van der Waals surface area contributed by atoms with Crippen molar-refractivity contribution in [2.24, 2.45) is 0 Å². The minimum Gasteiger partial charge on any atom is -0.361 e. The molecule has 5 heterocycles. The molecule has 0 aliphatic carbocycles. The van der Waals surface area contributed by atoms with Gasteiger partial charge < -0.3 is 14.8 Å². The van der Waals surface area contributed by atoms with Gasteiger partial charge in [-0.2, -0.15) is 13.5 Å². The van der Waals surface area contributed by atoms with Gasteiger partial charge in [0.2, 0.25) is 0 Å². The molecule has 3 aliphatic rings. The Hall–Kier alpha value is -2.09. The second-order valence-electron chi connectivity index (χ2n) is 9.72. The minimum atomic E-state index is 0. The molecular weight excluding hydrogens is 416 g/mol. The Morgan fingerprint density at radius 3 is 2.53 bits per heavy atom. The highest BCUT2D eigenvalue weighted by atomic mass is 32.1. The summed E-state index contributed by atoms with van der Waals surface area (Å²) in [5, 5.41) is 3.85. The molecule has 3 aromatic rings. The average Bonchev–Trinajstić information content (AvgIpc) is 3.33. The van der Waals surface area contributed by atoms with Crippen molar-refractivity contribution in [1.82, 2.24) is 25.2 Å². The number of hydrogen-bond acceptors (Lipinski definition) is 5. The zero-order chi connectivity index (χ0) is 20.9. The lowest BCUT2D eigenvalue weighted by Gasteiger charge is -2.41. The zero-order valence-electron chi connectivity index (χ0n) is 19.0. The van der Waals surface area contributed by atoms with Crippen molar-refractivity contribution in [1.29, 1.82) is 0 Å². The third kappa shape index (κ3) is 3.70. The summed E-state index contributed by atoms with van der Waals surface area (Å²) in [5.41, 5.74) is 6.05. The van der Waals surface area contributed by atoms with Gasteiger partial charge in [-0.15, -0.1) is 0 Å². The minimum absolute atomic E-state index is 0. The topological polar surface area (TPSA) is 60.1 Å². The van der Waals surface area contributed by atoms with E-state index in [4.69, 9.17) is 4.98 Å². The van der Waals surface area contributed by atoms with Gasteiger partial charge >= 0.3 is 0 Å². The summed E-state index contributed by atoms with van der Waals surface area (Å²) in [6, 6.07) is 12.6. The van der Waals surface area contributed by atoms with E-state index in [-0.39, 0.29) is 19.5 Å². The number of aryl methyl sites for hydroxylation is 1. The van der Waals surface area contributed by atoms with E-state index in [9.17, 15) is 0 Å². The van der Waals surface area contributed by atoms with Crippen LogP contribution in [0.4, 0.5) is 5.69 Å². The molecule has 2 bridgehead atoms. The van der Waals surface area contributed by atoms with Crippen LogP contribution in [0.25, 0.3) is 11.0 Å². The van der Waals surface area contributed by atoms with Crippen LogP contribution in [0, 0.1) is 6.92 Å². The Kier molecular flexibility index (Phi) is 5.90. The van der Waals surface area contributed by atoms with Gasteiger partial charge in [-0.25, -0.2) is 4.98 Å². The second kappa shape index (κ2) is 8.69. The first-order chi connectivity index (χ1) is 15.2. The van der Waals surface area contributed by atoms with Crippen LogP contribution in [0.15, 0.2) is 36.5 Å². The van der Waals surface area contributed by atoms with Gasteiger partial charge in [0.1, 0.15) is 11.3 Å². The maximum atomic E-state index is 5.18. The summed E-state index contributed by atoms with van der Waals surface area (Å²) >= 11 is 0. The second-order valence-corrected chi connectivity index (χ2v) is 9.72. The van der Waals surface area contributed by atoms with E-state index in [0.29, 0.717) is 18.1 Å². The van der Waals surface area contributed by atoms with Gasteiger partial charge in [0.15, 0.2) is 0 Å². The number of anilines is 1. The van der Waals surface area contributed by atoms with E-state index in [0.717, 1.165) is 42.8 Å². The Balaban J connectivity index is 0.00000216. The largest absolute Gasteiger partial charge is 0.361 e. The van der Waals surface area contributed by atoms with E-state index in [1.54, 1.807) is 0 Å². The Labute approximate surface area is 197 Å². The predicted molar refractivity (Wildman–Crippen MR) is 135 cm³/mol. The molecular formula is C25H34N6S. The number of rotatable bonds is 3. The molecule has 6 rings (SSSR count). The standard InChI is InChI=1S/C25H32N6.H2S/c1-16-6-5-13-26-23(16)19-7-3-9-21(27-19)25-28-20-8-4-10-22(24(20)29-25)31-17-11-12-18(31)15-30(2)14-17;/h4-6,8,10,13,17-19,21,27H,3,7,9,11-12,14-15H2,1-2H3,(H,28,29);1H2. The third-order valence-corrected chi connectivity index (χ3v) is 7.55. The number of para-hydroxylation sites is 1. The molecule has 0 amide bonds. The third-order valence-electron chi connectivity index (χ3n) is 7.55. The number of pyridine rings is 1. The van der Waals surface area contributed by atoms with Crippen LogP contribution < -0.4 is 10.2 Å². The molecule has 2 N–H and O–H groups in total. The number of piperidine rings is 1. The van der Waals surface area contributed by atoms with Crippen LogP contribution in [0.1, 0.15) is 61.3 Å². The summed E-state index contributed by atoms with van der Waals surface area (Å²) in [6.45, 7) is 4.46. The summed E-state index contributed by atoms with van der Waals surface area (Å²) in [7, 11) is 2.25.